The fourth-order valence-electron chi connectivity index (χ4n) is 4.71. The van der Waals surface area contributed by atoms with Gasteiger partial charge in [-0.05, 0) is 63.6 Å². The number of aromatic nitrogens is 1. The van der Waals surface area contributed by atoms with E-state index in [1.54, 1.807) is 12.1 Å². The second kappa shape index (κ2) is 9.30. The summed E-state index contributed by atoms with van der Waals surface area (Å²) in [4.78, 5) is 4.75. The van der Waals surface area contributed by atoms with Crippen LogP contribution in [0.15, 0.2) is 27.5 Å². The van der Waals surface area contributed by atoms with Crippen molar-refractivity contribution >= 4 is 10.0 Å². The van der Waals surface area contributed by atoms with E-state index in [0.717, 1.165) is 24.4 Å². The van der Waals surface area contributed by atoms with Gasteiger partial charge in [0.1, 0.15) is 10.6 Å². The third-order valence-electron chi connectivity index (χ3n) is 6.50. The number of ether oxygens (including phenoxy) is 1. The molecule has 2 N–H and O–H groups in total. The molecule has 0 radical (unpaired) electrons. The second-order valence-corrected chi connectivity index (χ2v) is 10.5. The number of sulfonamides is 1. The minimum Gasteiger partial charge on any atom is -0.495 e. The highest BCUT2D eigenvalue weighted by Crippen LogP contribution is 2.37. The Kier molecular flexibility index (Phi) is 6.69. The van der Waals surface area contributed by atoms with Crippen molar-refractivity contribution in [3.8, 4) is 17.1 Å². The average Bonchev–Trinajstić information content (AvgIpc) is 3.17. The Morgan fingerprint density at radius 1 is 1.10 bits per heavy atom. The molecule has 0 spiro atoms. The predicted octanol–water partition coefficient (Wildman–Crippen LogP) is 4.29. The number of hydrogen-bond acceptors (Lipinski definition) is 6. The number of nitrogens with one attached hydrogen (secondary N) is 1. The molecule has 0 atom stereocenters. The van der Waals surface area contributed by atoms with E-state index >= 15 is 0 Å². The smallest absolute Gasteiger partial charge is 0.244 e. The summed E-state index contributed by atoms with van der Waals surface area (Å²) in [5, 5.41) is 9.70. The van der Waals surface area contributed by atoms with E-state index < -0.39 is 10.0 Å². The molecule has 0 saturated heterocycles. The minimum absolute atomic E-state index is 0.0913. The Balaban J connectivity index is 1.62. The van der Waals surface area contributed by atoms with Gasteiger partial charge in [-0.1, -0.05) is 19.3 Å². The zero-order valence-electron chi connectivity index (χ0n) is 18.3. The van der Waals surface area contributed by atoms with Gasteiger partial charge in [0.05, 0.1) is 18.9 Å². The van der Waals surface area contributed by atoms with E-state index in [-0.39, 0.29) is 22.8 Å². The standard InChI is InChI=1S/C23H32N2O5S/c1-15-22(30-23(24-15)16-6-4-3-5-7-16)17-8-13-20(29-2)21(14-17)31(27,28)25-18-9-11-19(26)12-10-18/h8,13-14,16,18-19,25-26H,3-7,9-12H2,1-2H3. The van der Waals surface area contributed by atoms with Gasteiger partial charge >= 0.3 is 0 Å². The summed E-state index contributed by atoms with van der Waals surface area (Å²) in [5.41, 5.74) is 1.44. The SMILES string of the molecule is COc1ccc(-c2oc(C3CCCCC3)nc2C)cc1S(=O)(=O)NC1CCC(O)CC1. The number of benzene rings is 1. The Morgan fingerprint density at radius 3 is 2.48 bits per heavy atom. The highest BCUT2D eigenvalue weighted by molar-refractivity contribution is 7.89. The Labute approximate surface area is 184 Å². The maximum atomic E-state index is 13.2. The van der Waals surface area contributed by atoms with Crippen LogP contribution in [0.2, 0.25) is 0 Å². The topological polar surface area (TPSA) is 102 Å². The number of rotatable bonds is 6. The number of methoxy groups -OCH3 is 1. The number of aryl methyl sites for hydroxylation is 1. The molecule has 2 saturated carbocycles. The summed E-state index contributed by atoms with van der Waals surface area (Å²) in [6.45, 7) is 1.90. The van der Waals surface area contributed by atoms with Crippen molar-refractivity contribution in [1.29, 1.82) is 0 Å². The van der Waals surface area contributed by atoms with Crippen LogP contribution in [0, 0.1) is 6.92 Å². The Morgan fingerprint density at radius 2 is 1.81 bits per heavy atom. The Bertz CT molecular complexity index is 1000. The van der Waals surface area contributed by atoms with E-state index in [4.69, 9.17) is 9.15 Å². The first-order chi connectivity index (χ1) is 14.9. The molecule has 0 unspecified atom stereocenters. The zero-order valence-corrected chi connectivity index (χ0v) is 19.1. The molecule has 1 heterocycles. The van der Waals surface area contributed by atoms with Gasteiger partial charge < -0.3 is 14.3 Å². The van der Waals surface area contributed by atoms with Crippen molar-refractivity contribution in [3.05, 3.63) is 29.8 Å². The lowest BCUT2D eigenvalue weighted by Gasteiger charge is -2.26. The van der Waals surface area contributed by atoms with E-state index in [1.807, 2.05) is 13.0 Å². The average molecular weight is 449 g/mol. The fourth-order valence-corrected chi connectivity index (χ4v) is 6.21. The molecule has 2 aromatic rings. The molecular formula is C23H32N2O5S. The molecule has 1 aromatic heterocycles. The molecule has 2 fully saturated rings. The molecular weight excluding hydrogens is 416 g/mol. The molecule has 7 nitrogen and oxygen atoms in total. The monoisotopic (exact) mass is 448 g/mol. The van der Waals surface area contributed by atoms with Gasteiger partial charge in [-0.3, -0.25) is 0 Å². The molecule has 8 heteroatoms. The summed E-state index contributed by atoms with van der Waals surface area (Å²) >= 11 is 0. The first-order valence-corrected chi connectivity index (χ1v) is 12.7. The van der Waals surface area contributed by atoms with Crippen LogP contribution in [0.25, 0.3) is 11.3 Å². The number of hydrogen-bond donors (Lipinski definition) is 2. The summed E-state index contributed by atoms with van der Waals surface area (Å²) in [6.07, 6.45) is 7.91. The lowest BCUT2D eigenvalue weighted by atomic mass is 9.89. The molecule has 2 aliphatic rings. The highest BCUT2D eigenvalue weighted by Gasteiger charge is 2.28. The first kappa shape index (κ1) is 22.3. The Hall–Kier alpha value is -1.90. The van der Waals surface area contributed by atoms with Crippen molar-refractivity contribution < 1.29 is 22.7 Å². The summed E-state index contributed by atoms with van der Waals surface area (Å²) < 4.78 is 40.7. The summed E-state index contributed by atoms with van der Waals surface area (Å²) in [6, 6.07) is 4.90. The summed E-state index contributed by atoms with van der Waals surface area (Å²) in [5.74, 6) is 1.99. The maximum Gasteiger partial charge on any atom is 0.244 e. The van der Waals surface area contributed by atoms with Crippen molar-refractivity contribution in [2.45, 2.75) is 87.7 Å². The zero-order chi connectivity index (χ0) is 22.0. The molecule has 2 aliphatic carbocycles. The van der Waals surface area contributed by atoms with Crippen LogP contribution in [-0.2, 0) is 10.0 Å². The van der Waals surface area contributed by atoms with Crippen LogP contribution in [0.4, 0.5) is 0 Å². The lowest BCUT2D eigenvalue weighted by Crippen LogP contribution is -2.38. The molecule has 0 amide bonds. The molecule has 0 bridgehead atoms. The molecule has 0 aliphatic heterocycles. The predicted molar refractivity (Wildman–Crippen MR) is 118 cm³/mol. The van der Waals surface area contributed by atoms with E-state index in [0.29, 0.717) is 42.9 Å². The second-order valence-electron chi connectivity index (χ2n) is 8.79. The van der Waals surface area contributed by atoms with Crippen molar-refractivity contribution in [2.75, 3.05) is 7.11 Å². The van der Waals surface area contributed by atoms with Crippen molar-refractivity contribution in [1.82, 2.24) is 9.71 Å². The number of aliphatic hydroxyl groups excluding tert-OH is 1. The maximum absolute atomic E-state index is 13.2. The third kappa shape index (κ3) is 4.96. The minimum atomic E-state index is -3.80. The number of nitrogens with zero attached hydrogens (tertiary/aromatic N) is 1. The number of aliphatic hydroxyl groups is 1. The van der Waals surface area contributed by atoms with Gasteiger partial charge in [-0.2, -0.15) is 0 Å². The highest BCUT2D eigenvalue weighted by atomic mass is 32.2. The van der Waals surface area contributed by atoms with Gasteiger partial charge in [0, 0.05) is 17.5 Å². The van der Waals surface area contributed by atoms with Crippen LogP contribution in [-0.4, -0.2) is 37.8 Å². The largest absolute Gasteiger partial charge is 0.495 e. The van der Waals surface area contributed by atoms with E-state index in [1.165, 1.54) is 26.4 Å². The van der Waals surface area contributed by atoms with Gasteiger partial charge in [0.2, 0.25) is 10.0 Å². The van der Waals surface area contributed by atoms with Crippen LogP contribution in [0.5, 0.6) is 5.75 Å². The molecule has 170 valence electrons. The molecule has 31 heavy (non-hydrogen) atoms. The first-order valence-electron chi connectivity index (χ1n) is 11.2. The van der Waals surface area contributed by atoms with Crippen LogP contribution in [0.1, 0.15) is 75.3 Å². The fraction of sp³-hybridized carbons (Fsp3) is 0.609. The third-order valence-corrected chi connectivity index (χ3v) is 8.04. The van der Waals surface area contributed by atoms with Gasteiger partial charge in [0.25, 0.3) is 0 Å². The van der Waals surface area contributed by atoms with E-state index in [2.05, 4.69) is 9.71 Å². The van der Waals surface area contributed by atoms with E-state index in [9.17, 15) is 13.5 Å². The van der Waals surface area contributed by atoms with Crippen LogP contribution >= 0.6 is 0 Å². The number of oxazole rings is 1. The van der Waals surface area contributed by atoms with Crippen LogP contribution in [0.3, 0.4) is 0 Å². The quantitative estimate of drug-likeness (QED) is 0.684. The van der Waals surface area contributed by atoms with Gasteiger partial charge in [-0.15, -0.1) is 0 Å². The lowest BCUT2D eigenvalue weighted by molar-refractivity contribution is 0.120. The van der Waals surface area contributed by atoms with Crippen molar-refractivity contribution in [3.63, 3.8) is 0 Å². The van der Waals surface area contributed by atoms with Gasteiger partial charge in [-0.25, -0.2) is 18.1 Å². The normalized spacial score (nSPS) is 23.1. The van der Waals surface area contributed by atoms with Crippen LogP contribution < -0.4 is 9.46 Å². The summed E-state index contributed by atoms with van der Waals surface area (Å²) in [7, 11) is -2.33. The van der Waals surface area contributed by atoms with Gasteiger partial charge in [0.15, 0.2) is 11.7 Å². The van der Waals surface area contributed by atoms with Crippen molar-refractivity contribution in [2.24, 2.45) is 0 Å². The molecule has 4 rings (SSSR count). The molecule has 1 aromatic carbocycles.